The summed E-state index contributed by atoms with van der Waals surface area (Å²) in [4.78, 5) is 0. The number of aliphatic hydroxyl groups excluding tert-OH is 1. The second-order valence-electron chi connectivity index (χ2n) is 4.49. The fourth-order valence-corrected chi connectivity index (χ4v) is 2.50. The van der Waals surface area contributed by atoms with Crippen LogP contribution in [0.25, 0.3) is 0 Å². The lowest BCUT2D eigenvalue weighted by molar-refractivity contribution is 0.106. The quantitative estimate of drug-likeness (QED) is 0.749. The normalized spacial score (nSPS) is 24.8. The average Bonchev–Trinajstić information content (AvgIpc) is 2.87. The molecular formula is C12H20O2. The Morgan fingerprint density at radius 2 is 2.21 bits per heavy atom. The molecule has 0 aromatic heterocycles. The van der Waals surface area contributed by atoms with Gasteiger partial charge in [-0.2, -0.15) is 0 Å². The second kappa shape index (κ2) is 4.83. The van der Waals surface area contributed by atoms with Gasteiger partial charge in [0, 0.05) is 6.42 Å². The van der Waals surface area contributed by atoms with Crippen LogP contribution in [0.5, 0.6) is 0 Å². The highest BCUT2D eigenvalue weighted by Crippen LogP contribution is 2.30. The van der Waals surface area contributed by atoms with Crippen LogP contribution in [-0.4, -0.2) is 17.8 Å². The van der Waals surface area contributed by atoms with Gasteiger partial charge < -0.3 is 9.84 Å². The summed E-state index contributed by atoms with van der Waals surface area (Å²) < 4.78 is 5.34. The van der Waals surface area contributed by atoms with Crippen molar-refractivity contribution in [3.63, 3.8) is 0 Å². The van der Waals surface area contributed by atoms with Crippen molar-refractivity contribution in [3.05, 3.63) is 11.8 Å². The summed E-state index contributed by atoms with van der Waals surface area (Å²) in [7, 11) is 0. The van der Waals surface area contributed by atoms with E-state index in [0.29, 0.717) is 0 Å². The van der Waals surface area contributed by atoms with Gasteiger partial charge in [0.1, 0.15) is 11.9 Å². The van der Waals surface area contributed by atoms with Gasteiger partial charge in [-0.1, -0.05) is 25.7 Å². The summed E-state index contributed by atoms with van der Waals surface area (Å²) in [5.74, 6) is 1.69. The molecule has 2 nitrogen and oxygen atoms in total. The monoisotopic (exact) mass is 196 g/mol. The maximum Gasteiger partial charge on any atom is 0.121 e. The van der Waals surface area contributed by atoms with E-state index in [4.69, 9.17) is 4.74 Å². The van der Waals surface area contributed by atoms with Crippen LogP contribution in [0.15, 0.2) is 11.8 Å². The molecule has 0 spiro atoms. The topological polar surface area (TPSA) is 29.5 Å². The lowest BCUT2D eigenvalue weighted by Crippen LogP contribution is -2.12. The van der Waals surface area contributed by atoms with E-state index in [1.165, 1.54) is 32.1 Å². The number of hydrogen-bond acceptors (Lipinski definition) is 2. The summed E-state index contributed by atoms with van der Waals surface area (Å²) >= 11 is 0. The summed E-state index contributed by atoms with van der Waals surface area (Å²) in [6, 6.07) is 0. The first-order chi connectivity index (χ1) is 6.86. The molecule has 0 saturated heterocycles. The van der Waals surface area contributed by atoms with Gasteiger partial charge in [0.25, 0.3) is 0 Å². The SMILES string of the molecule is OC(CCC1CCCC1)C1=CCCO1. The Morgan fingerprint density at radius 1 is 1.43 bits per heavy atom. The molecule has 1 saturated carbocycles. The number of hydrogen-bond donors (Lipinski definition) is 1. The first kappa shape index (κ1) is 10.0. The number of ether oxygens (including phenoxy) is 1. The third kappa shape index (κ3) is 2.50. The van der Waals surface area contributed by atoms with Gasteiger partial charge in [-0.3, -0.25) is 0 Å². The Balaban J connectivity index is 1.68. The van der Waals surface area contributed by atoms with Crippen LogP contribution in [-0.2, 0) is 4.74 Å². The average molecular weight is 196 g/mol. The highest BCUT2D eigenvalue weighted by molar-refractivity contribution is 5.03. The molecule has 1 aliphatic heterocycles. The molecule has 1 heterocycles. The molecule has 2 rings (SSSR count). The molecule has 1 unspecified atom stereocenters. The van der Waals surface area contributed by atoms with Gasteiger partial charge in [0.2, 0.25) is 0 Å². The maximum atomic E-state index is 9.82. The molecule has 1 fully saturated rings. The van der Waals surface area contributed by atoms with E-state index in [-0.39, 0.29) is 6.10 Å². The van der Waals surface area contributed by atoms with Crippen LogP contribution in [0.2, 0.25) is 0 Å². The van der Waals surface area contributed by atoms with Crippen molar-refractivity contribution in [2.75, 3.05) is 6.61 Å². The Bertz CT molecular complexity index is 204. The van der Waals surface area contributed by atoms with Gasteiger partial charge in [-0.15, -0.1) is 0 Å². The fraction of sp³-hybridized carbons (Fsp3) is 0.833. The van der Waals surface area contributed by atoms with Crippen LogP contribution >= 0.6 is 0 Å². The molecule has 1 N–H and O–H groups in total. The molecule has 14 heavy (non-hydrogen) atoms. The van der Waals surface area contributed by atoms with Crippen LogP contribution in [0.3, 0.4) is 0 Å². The first-order valence-electron chi connectivity index (χ1n) is 5.87. The van der Waals surface area contributed by atoms with E-state index in [9.17, 15) is 5.11 Å². The van der Waals surface area contributed by atoms with Gasteiger partial charge in [0.15, 0.2) is 0 Å². The van der Waals surface area contributed by atoms with Gasteiger partial charge in [0.05, 0.1) is 6.61 Å². The zero-order valence-electron chi connectivity index (χ0n) is 8.74. The molecule has 80 valence electrons. The van der Waals surface area contributed by atoms with E-state index < -0.39 is 0 Å². The van der Waals surface area contributed by atoms with Crippen molar-refractivity contribution < 1.29 is 9.84 Å². The molecule has 0 aromatic rings. The molecule has 0 radical (unpaired) electrons. The van der Waals surface area contributed by atoms with Crippen molar-refractivity contribution in [2.24, 2.45) is 5.92 Å². The Kier molecular flexibility index (Phi) is 3.46. The number of aliphatic hydroxyl groups is 1. The Morgan fingerprint density at radius 3 is 2.86 bits per heavy atom. The standard InChI is InChI=1S/C12H20O2/c13-11(12-6-3-9-14-12)8-7-10-4-1-2-5-10/h6,10-11,13H,1-5,7-9H2. The summed E-state index contributed by atoms with van der Waals surface area (Å²) in [6.07, 6.45) is 10.2. The highest BCUT2D eigenvalue weighted by atomic mass is 16.5. The highest BCUT2D eigenvalue weighted by Gasteiger charge is 2.20. The maximum absolute atomic E-state index is 9.82. The van der Waals surface area contributed by atoms with Crippen molar-refractivity contribution in [2.45, 2.75) is 51.0 Å². The van der Waals surface area contributed by atoms with Gasteiger partial charge >= 0.3 is 0 Å². The minimum atomic E-state index is -0.335. The second-order valence-corrected chi connectivity index (χ2v) is 4.49. The summed E-state index contributed by atoms with van der Waals surface area (Å²) in [6.45, 7) is 0.760. The zero-order valence-corrected chi connectivity index (χ0v) is 8.74. The van der Waals surface area contributed by atoms with Crippen LogP contribution in [0.1, 0.15) is 44.9 Å². The predicted octanol–water partition coefficient (Wildman–Crippen LogP) is 2.62. The fourth-order valence-electron chi connectivity index (χ4n) is 2.50. The first-order valence-corrected chi connectivity index (χ1v) is 5.87. The third-order valence-electron chi connectivity index (χ3n) is 3.38. The minimum absolute atomic E-state index is 0.335. The van der Waals surface area contributed by atoms with E-state index in [1.807, 2.05) is 6.08 Å². The minimum Gasteiger partial charge on any atom is -0.495 e. The smallest absolute Gasteiger partial charge is 0.121 e. The lowest BCUT2D eigenvalue weighted by atomic mass is 9.99. The van der Waals surface area contributed by atoms with Crippen molar-refractivity contribution in [1.29, 1.82) is 0 Å². The van der Waals surface area contributed by atoms with E-state index in [2.05, 4.69) is 0 Å². The molecular weight excluding hydrogens is 176 g/mol. The van der Waals surface area contributed by atoms with E-state index in [0.717, 1.165) is 31.1 Å². The van der Waals surface area contributed by atoms with Crippen LogP contribution in [0, 0.1) is 5.92 Å². The zero-order chi connectivity index (χ0) is 9.80. The molecule has 2 heteroatoms. The summed E-state index contributed by atoms with van der Waals surface area (Å²) in [5.41, 5.74) is 0. The van der Waals surface area contributed by atoms with Gasteiger partial charge in [-0.25, -0.2) is 0 Å². The van der Waals surface area contributed by atoms with Crippen LogP contribution in [0.4, 0.5) is 0 Å². The lowest BCUT2D eigenvalue weighted by Gasteiger charge is -2.14. The van der Waals surface area contributed by atoms with E-state index >= 15 is 0 Å². The molecule has 1 aliphatic carbocycles. The van der Waals surface area contributed by atoms with Crippen molar-refractivity contribution >= 4 is 0 Å². The van der Waals surface area contributed by atoms with Crippen molar-refractivity contribution in [3.8, 4) is 0 Å². The molecule has 0 aromatic carbocycles. The third-order valence-corrected chi connectivity index (χ3v) is 3.38. The molecule has 2 aliphatic rings. The van der Waals surface area contributed by atoms with Crippen LogP contribution < -0.4 is 0 Å². The molecule has 0 bridgehead atoms. The molecule has 1 atom stereocenters. The van der Waals surface area contributed by atoms with E-state index in [1.54, 1.807) is 0 Å². The Labute approximate surface area is 86.0 Å². The number of rotatable bonds is 4. The largest absolute Gasteiger partial charge is 0.495 e. The summed E-state index contributed by atoms with van der Waals surface area (Å²) in [5, 5.41) is 9.82. The molecule has 0 amide bonds. The predicted molar refractivity (Wildman–Crippen MR) is 55.9 cm³/mol. The van der Waals surface area contributed by atoms with Crippen molar-refractivity contribution in [1.82, 2.24) is 0 Å². The Hall–Kier alpha value is -0.500. The van der Waals surface area contributed by atoms with Gasteiger partial charge in [-0.05, 0) is 24.8 Å².